The maximum absolute atomic E-state index is 12.2. The molecule has 1 aromatic carbocycles. The molecule has 0 saturated carbocycles. The summed E-state index contributed by atoms with van der Waals surface area (Å²) in [6.45, 7) is 8.01. The van der Waals surface area contributed by atoms with Gasteiger partial charge < -0.3 is 15.8 Å². The fourth-order valence-corrected chi connectivity index (χ4v) is 2.00. The summed E-state index contributed by atoms with van der Waals surface area (Å²) in [4.78, 5) is 25.2. The first-order valence-electron chi connectivity index (χ1n) is 7.77. The van der Waals surface area contributed by atoms with E-state index < -0.39 is 17.7 Å². The Morgan fingerprint density at radius 3 is 2.57 bits per heavy atom. The van der Waals surface area contributed by atoms with Crippen molar-refractivity contribution in [3.63, 3.8) is 0 Å². The molecule has 0 aliphatic carbocycles. The molecule has 0 atom stereocenters. The molecule has 0 saturated heterocycles. The molecule has 23 heavy (non-hydrogen) atoms. The van der Waals surface area contributed by atoms with E-state index in [9.17, 15) is 9.59 Å². The fraction of sp³-hybridized carbons (Fsp3) is 0.529. The molecule has 6 heteroatoms. The lowest BCUT2D eigenvalue weighted by Crippen LogP contribution is -2.48. The van der Waals surface area contributed by atoms with E-state index in [1.807, 2.05) is 25.1 Å². The van der Waals surface area contributed by atoms with Crippen LogP contribution in [0.15, 0.2) is 24.3 Å². The summed E-state index contributed by atoms with van der Waals surface area (Å²) >= 11 is 0. The van der Waals surface area contributed by atoms with Crippen molar-refractivity contribution in [1.82, 2.24) is 10.2 Å². The molecule has 3 amide bonds. The van der Waals surface area contributed by atoms with Crippen LogP contribution in [0.25, 0.3) is 0 Å². The number of nitrogens with one attached hydrogen (secondary N) is 1. The Hall–Kier alpha value is -2.08. The van der Waals surface area contributed by atoms with E-state index in [2.05, 4.69) is 11.4 Å². The number of hydrogen-bond donors (Lipinski definition) is 2. The van der Waals surface area contributed by atoms with Gasteiger partial charge in [0.2, 0.25) is 0 Å². The average molecular weight is 321 g/mol. The Bertz CT molecular complexity index is 538. The fourth-order valence-electron chi connectivity index (χ4n) is 2.00. The first-order valence-corrected chi connectivity index (χ1v) is 7.77. The van der Waals surface area contributed by atoms with Gasteiger partial charge in [0, 0.05) is 19.6 Å². The summed E-state index contributed by atoms with van der Waals surface area (Å²) in [6, 6.07) is 7.58. The van der Waals surface area contributed by atoms with Crippen molar-refractivity contribution in [1.29, 1.82) is 0 Å². The van der Waals surface area contributed by atoms with E-state index in [4.69, 9.17) is 10.5 Å². The second-order valence-electron chi connectivity index (χ2n) is 6.39. The molecule has 1 rings (SSSR count). The zero-order valence-electron chi connectivity index (χ0n) is 14.4. The van der Waals surface area contributed by atoms with Gasteiger partial charge in [-0.3, -0.25) is 0 Å². The van der Waals surface area contributed by atoms with Crippen molar-refractivity contribution in [2.75, 3.05) is 19.6 Å². The minimum absolute atomic E-state index is 0.116. The summed E-state index contributed by atoms with van der Waals surface area (Å²) in [5, 5.41) is 2.73. The van der Waals surface area contributed by atoms with Crippen LogP contribution in [0.2, 0.25) is 0 Å². The lowest BCUT2D eigenvalue weighted by atomic mass is 10.1. The van der Waals surface area contributed by atoms with Crippen molar-refractivity contribution < 1.29 is 14.3 Å². The molecule has 0 spiro atoms. The molecule has 0 bridgehead atoms. The van der Waals surface area contributed by atoms with E-state index in [1.54, 1.807) is 20.8 Å². The number of carbonyl (C=O) groups excluding carboxylic acids is 2. The molecule has 128 valence electrons. The van der Waals surface area contributed by atoms with Gasteiger partial charge in [0.15, 0.2) is 0 Å². The summed E-state index contributed by atoms with van der Waals surface area (Å²) in [6.07, 6.45) is 0.00841. The summed E-state index contributed by atoms with van der Waals surface area (Å²) in [5.41, 5.74) is 7.12. The van der Waals surface area contributed by atoms with Crippen molar-refractivity contribution >= 4 is 12.1 Å². The SMILES string of the molecule is Cc1cccc(CCNC(=O)N(CCN)C(=O)OC(C)(C)C)c1. The number of urea groups is 1. The molecule has 1 aromatic rings. The Kier molecular flexibility index (Phi) is 7.03. The van der Waals surface area contributed by atoms with Crippen LogP contribution in [0.5, 0.6) is 0 Å². The Morgan fingerprint density at radius 1 is 1.30 bits per heavy atom. The van der Waals surface area contributed by atoms with Crippen LogP contribution in [0.1, 0.15) is 31.9 Å². The molecule has 3 N–H and O–H groups in total. The first-order chi connectivity index (χ1) is 10.7. The number of rotatable bonds is 5. The molecule has 0 aliphatic rings. The first kappa shape index (κ1) is 19.0. The highest BCUT2D eigenvalue weighted by atomic mass is 16.6. The van der Waals surface area contributed by atoms with Gasteiger partial charge in [-0.05, 0) is 39.7 Å². The minimum Gasteiger partial charge on any atom is -0.443 e. The van der Waals surface area contributed by atoms with E-state index in [1.165, 1.54) is 5.56 Å². The number of imide groups is 1. The third-order valence-corrected chi connectivity index (χ3v) is 2.98. The summed E-state index contributed by atoms with van der Waals surface area (Å²) < 4.78 is 5.22. The van der Waals surface area contributed by atoms with Crippen LogP contribution in [0.3, 0.4) is 0 Å². The number of hydrogen-bond acceptors (Lipinski definition) is 4. The second-order valence-corrected chi connectivity index (χ2v) is 6.39. The van der Waals surface area contributed by atoms with Crippen molar-refractivity contribution in [3.8, 4) is 0 Å². The molecule has 6 nitrogen and oxygen atoms in total. The van der Waals surface area contributed by atoms with Crippen LogP contribution in [-0.2, 0) is 11.2 Å². The lowest BCUT2D eigenvalue weighted by Gasteiger charge is -2.26. The number of nitrogens with zero attached hydrogens (tertiary/aromatic N) is 1. The number of ether oxygens (including phenoxy) is 1. The maximum atomic E-state index is 12.2. The number of nitrogens with two attached hydrogens (primary N) is 1. The highest BCUT2D eigenvalue weighted by molar-refractivity contribution is 5.91. The lowest BCUT2D eigenvalue weighted by molar-refractivity contribution is 0.0325. The van der Waals surface area contributed by atoms with Gasteiger partial charge in [-0.2, -0.15) is 0 Å². The van der Waals surface area contributed by atoms with Gasteiger partial charge in [-0.25, -0.2) is 14.5 Å². The van der Waals surface area contributed by atoms with Gasteiger partial charge in [0.1, 0.15) is 5.60 Å². The summed E-state index contributed by atoms with van der Waals surface area (Å²) in [5.74, 6) is 0. The Morgan fingerprint density at radius 2 is 2.00 bits per heavy atom. The van der Waals surface area contributed by atoms with E-state index in [0.29, 0.717) is 13.0 Å². The van der Waals surface area contributed by atoms with Gasteiger partial charge >= 0.3 is 12.1 Å². The van der Waals surface area contributed by atoms with Gasteiger partial charge in [-0.1, -0.05) is 29.8 Å². The normalized spacial score (nSPS) is 11.0. The van der Waals surface area contributed by atoms with E-state index in [0.717, 1.165) is 10.5 Å². The monoisotopic (exact) mass is 321 g/mol. The molecule has 0 fully saturated rings. The van der Waals surface area contributed by atoms with Crippen LogP contribution < -0.4 is 11.1 Å². The Labute approximate surface area is 138 Å². The van der Waals surface area contributed by atoms with Crippen LogP contribution in [-0.4, -0.2) is 42.3 Å². The van der Waals surface area contributed by atoms with Crippen LogP contribution >= 0.6 is 0 Å². The zero-order chi connectivity index (χ0) is 17.5. The number of carbonyl (C=O) groups is 2. The molecule has 0 radical (unpaired) electrons. The average Bonchev–Trinajstić information content (AvgIpc) is 2.42. The van der Waals surface area contributed by atoms with Crippen molar-refractivity contribution in [3.05, 3.63) is 35.4 Å². The Balaban J connectivity index is 2.55. The largest absolute Gasteiger partial charge is 0.443 e. The number of benzene rings is 1. The molecular weight excluding hydrogens is 294 g/mol. The topological polar surface area (TPSA) is 84.7 Å². The quantitative estimate of drug-likeness (QED) is 0.872. The molecular formula is C17H27N3O3. The minimum atomic E-state index is -0.684. The maximum Gasteiger partial charge on any atom is 0.418 e. The van der Waals surface area contributed by atoms with E-state index >= 15 is 0 Å². The third kappa shape index (κ3) is 7.15. The smallest absolute Gasteiger partial charge is 0.418 e. The highest BCUT2D eigenvalue weighted by Crippen LogP contribution is 2.10. The van der Waals surface area contributed by atoms with Crippen LogP contribution in [0.4, 0.5) is 9.59 Å². The van der Waals surface area contributed by atoms with Gasteiger partial charge in [0.05, 0.1) is 0 Å². The predicted octanol–water partition coefficient (Wildman–Crippen LogP) is 2.44. The van der Waals surface area contributed by atoms with Crippen molar-refractivity contribution in [2.45, 2.75) is 39.7 Å². The zero-order valence-corrected chi connectivity index (χ0v) is 14.4. The number of aryl methyl sites for hydroxylation is 1. The molecule has 0 unspecified atom stereocenters. The third-order valence-electron chi connectivity index (χ3n) is 2.98. The highest BCUT2D eigenvalue weighted by Gasteiger charge is 2.26. The summed E-state index contributed by atoms with van der Waals surface area (Å²) in [7, 11) is 0. The second kappa shape index (κ2) is 8.53. The van der Waals surface area contributed by atoms with Crippen molar-refractivity contribution in [2.24, 2.45) is 5.73 Å². The van der Waals surface area contributed by atoms with Crippen LogP contribution in [0, 0.1) is 6.92 Å². The van der Waals surface area contributed by atoms with Gasteiger partial charge in [0.25, 0.3) is 0 Å². The standard InChI is InChI=1S/C17H27N3O3/c1-13-6-5-7-14(12-13)8-10-19-15(21)20(11-9-18)16(22)23-17(2,3)4/h5-7,12H,8-11,18H2,1-4H3,(H,19,21). The molecule has 0 aromatic heterocycles. The molecule has 0 heterocycles. The number of amides is 3. The van der Waals surface area contributed by atoms with E-state index in [-0.39, 0.29) is 13.1 Å². The molecule has 0 aliphatic heterocycles. The van der Waals surface area contributed by atoms with Gasteiger partial charge in [-0.15, -0.1) is 0 Å². The predicted molar refractivity (Wildman–Crippen MR) is 90.3 cm³/mol.